The highest BCUT2D eigenvalue weighted by atomic mass is 16.5. The molecule has 7 nitrogen and oxygen atoms in total. The van der Waals surface area contributed by atoms with Crippen LogP contribution in [0, 0.1) is 0 Å². The van der Waals surface area contributed by atoms with E-state index in [9.17, 15) is 14.4 Å². The van der Waals surface area contributed by atoms with Crippen molar-refractivity contribution in [2.75, 3.05) is 20.2 Å². The number of amides is 1. The molecule has 3 aromatic rings. The third kappa shape index (κ3) is 5.93. The van der Waals surface area contributed by atoms with Gasteiger partial charge < -0.3 is 19.4 Å². The third-order valence-corrected chi connectivity index (χ3v) is 7.72. The number of rotatable bonds is 9. The Kier molecular flexibility index (Phi) is 8.31. The predicted molar refractivity (Wildman–Crippen MR) is 153 cm³/mol. The first-order valence-electron chi connectivity index (χ1n) is 13.9. The van der Waals surface area contributed by atoms with Gasteiger partial charge in [-0.05, 0) is 95.7 Å². The maximum Gasteiger partial charge on any atom is 0.331 e. The quantitative estimate of drug-likeness (QED) is 0.233. The summed E-state index contributed by atoms with van der Waals surface area (Å²) in [6.45, 7) is 11.7. The van der Waals surface area contributed by atoms with Crippen LogP contribution < -0.4 is 5.32 Å². The Morgan fingerprint density at radius 3 is 2.41 bits per heavy atom. The second-order valence-corrected chi connectivity index (χ2v) is 11.7. The molecule has 0 spiro atoms. The minimum atomic E-state index is -0.967. The Balaban J connectivity index is 1.55. The molecule has 1 fully saturated rings. The number of pyridine rings is 1. The summed E-state index contributed by atoms with van der Waals surface area (Å²) in [5, 5.41) is 3.51. The van der Waals surface area contributed by atoms with E-state index in [1.54, 1.807) is 24.1 Å². The summed E-state index contributed by atoms with van der Waals surface area (Å²) in [6, 6.07) is 13.4. The van der Waals surface area contributed by atoms with Crippen molar-refractivity contribution in [1.29, 1.82) is 0 Å². The third-order valence-electron chi connectivity index (χ3n) is 7.72. The second-order valence-electron chi connectivity index (χ2n) is 11.7. The Hall–Kier alpha value is -3.45. The van der Waals surface area contributed by atoms with Crippen LogP contribution in [0.3, 0.4) is 0 Å². The normalized spacial score (nSPS) is 17.5. The van der Waals surface area contributed by atoms with Crippen LogP contribution in [0.4, 0.5) is 0 Å². The average Bonchev–Trinajstić information content (AvgIpc) is 3.50. The molecule has 208 valence electrons. The van der Waals surface area contributed by atoms with E-state index < -0.39 is 11.5 Å². The Labute approximate surface area is 231 Å². The Morgan fingerprint density at radius 2 is 1.77 bits per heavy atom. The molecule has 1 amide bonds. The molecule has 1 aliphatic rings. The molecule has 2 aromatic heterocycles. The number of fused-ring (bicyclic) bond motifs is 1. The smallest absolute Gasteiger partial charge is 0.331 e. The van der Waals surface area contributed by atoms with Crippen LogP contribution in [0.2, 0.25) is 0 Å². The van der Waals surface area contributed by atoms with Crippen LogP contribution in [0.15, 0.2) is 48.7 Å². The molecule has 1 aliphatic heterocycles. The van der Waals surface area contributed by atoms with Crippen molar-refractivity contribution in [3.8, 4) is 0 Å². The van der Waals surface area contributed by atoms with E-state index >= 15 is 0 Å². The van der Waals surface area contributed by atoms with Crippen LogP contribution in [0.1, 0.15) is 91.4 Å². The van der Waals surface area contributed by atoms with E-state index in [4.69, 9.17) is 4.74 Å². The number of nitrogens with zero attached hydrogens (tertiary/aromatic N) is 2. The van der Waals surface area contributed by atoms with Crippen LogP contribution in [-0.4, -0.2) is 58.2 Å². The van der Waals surface area contributed by atoms with E-state index in [2.05, 4.69) is 26.1 Å². The highest BCUT2D eigenvalue weighted by Gasteiger charge is 2.47. The van der Waals surface area contributed by atoms with Gasteiger partial charge in [-0.2, -0.15) is 0 Å². The summed E-state index contributed by atoms with van der Waals surface area (Å²) < 4.78 is 6.86. The van der Waals surface area contributed by atoms with Gasteiger partial charge in [0, 0.05) is 34.9 Å². The Bertz CT molecular complexity index is 1370. The van der Waals surface area contributed by atoms with Gasteiger partial charge in [0.05, 0.1) is 12.8 Å². The van der Waals surface area contributed by atoms with Gasteiger partial charge in [0.25, 0.3) is 5.91 Å². The van der Waals surface area contributed by atoms with Crippen LogP contribution in [-0.2, 0) is 22.4 Å². The molecule has 7 heteroatoms. The summed E-state index contributed by atoms with van der Waals surface area (Å²) in [5.41, 5.74) is 3.82. The van der Waals surface area contributed by atoms with E-state index in [-0.39, 0.29) is 17.2 Å². The maximum absolute atomic E-state index is 13.6. The molecule has 39 heavy (non-hydrogen) atoms. The number of carbonyl (C=O) groups is 3. The summed E-state index contributed by atoms with van der Waals surface area (Å²) >= 11 is 0. The lowest BCUT2D eigenvalue weighted by Gasteiger charge is -2.32. The van der Waals surface area contributed by atoms with Crippen molar-refractivity contribution >= 4 is 23.2 Å². The Morgan fingerprint density at radius 1 is 1.05 bits per heavy atom. The van der Waals surface area contributed by atoms with Crippen LogP contribution >= 0.6 is 0 Å². The molecule has 1 atom stereocenters. The number of ketones is 1. The van der Waals surface area contributed by atoms with E-state index in [0.717, 1.165) is 36.9 Å². The van der Waals surface area contributed by atoms with Crippen molar-refractivity contribution in [2.24, 2.45) is 0 Å². The van der Waals surface area contributed by atoms with Crippen LogP contribution in [0.5, 0.6) is 0 Å². The van der Waals surface area contributed by atoms with E-state index in [0.29, 0.717) is 36.2 Å². The monoisotopic (exact) mass is 531 g/mol. The maximum atomic E-state index is 13.6. The largest absolute Gasteiger partial charge is 0.467 e. The zero-order chi connectivity index (χ0) is 28.4. The van der Waals surface area contributed by atoms with Crippen molar-refractivity contribution in [1.82, 2.24) is 14.6 Å². The second kappa shape index (κ2) is 11.3. The van der Waals surface area contributed by atoms with Crippen molar-refractivity contribution in [2.45, 2.75) is 77.8 Å². The number of esters is 1. The fourth-order valence-electron chi connectivity index (χ4n) is 5.48. The molecular weight excluding hydrogens is 490 g/mol. The summed E-state index contributed by atoms with van der Waals surface area (Å²) in [6.07, 6.45) is 5.79. The molecule has 0 radical (unpaired) electrons. The number of ether oxygens (including phenoxy) is 1. The molecular formula is C32H41N3O4. The molecule has 0 saturated carbocycles. The first-order valence-corrected chi connectivity index (χ1v) is 13.9. The first kappa shape index (κ1) is 28.6. The zero-order valence-electron chi connectivity index (χ0n) is 24.1. The highest BCUT2D eigenvalue weighted by molar-refractivity contribution is 6.10. The van der Waals surface area contributed by atoms with E-state index in [1.165, 1.54) is 12.7 Å². The average molecular weight is 532 g/mol. The number of benzene rings is 1. The molecule has 3 heterocycles. The number of nitrogens with one attached hydrogen (secondary N) is 1. The van der Waals surface area contributed by atoms with E-state index in [1.807, 2.05) is 47.7 Å². The van der Waals surface area contributed by atoms with Crippen molar-refractivity contribution < 1.29 is 19.1 Å². The molecule has 1 saturated heterocycles. The number of aryl methyl sites for hydroxylation is 2. The van der Waals surface area contributed by atoms with Gasteiger partial charge in [-0.3, -0.25) is 9.59 Å². The zero-order valence-corrected chi connectivity index (χ0v) is 24.1. The minimum Gasteiger partial charge on any atom is -0.467 e. The van der Waals surface area contributed by atoms with Gasteiger partial charge in [-0.25, -0.2) is 4.79 Å². The van der Waals surface area contributed by atoms with Gasteiger partial charge in [-0.15, -0.1) is 0 Å². The minimum absolute atomic E-state index is 0.0373. The van der Waals surface area contributed by atoms with Gasteiger partial charge in [-0.1, -0.05) is 31.2 Å². The van der Waals surface area contributed by atoms with Gasteiger partial charge in [0.15, 0.2) is 0 Å². The molecule has 0 unspecified atom stereocenters. The molecule has 4 rings (SSSR count). The number of aromatic nitrogens is 1. The number of hydrogen-bond donors (Lipinski definition) is 1. The fraction of sp³-hybridized carbons (Fsp3) is 0.469. The number of carbonyl (C=O) groups excluding carboxylic acids is 3. The number of likely N-dealkylation sites (tertiary alicyclic amines) is 1. The number of methoxy groups -OCH3 is 1. The molecule has 0 aliphatic carbocycles. The highest BCUT2D eigenvalue weighted by Crippen LogP contribution is 2.32. The topological polar surface area (TPSA) is 80.1 Å². The lowest BCUT2D eigenvalue weighted by Crippen LogP contribution is -2.51. The lowest BCUT2D eigenvalue weighted by molar-refractivity contribution is -0.151. The summed E-state index contributed by atoms with van der Waals surface area (Å²) in [4.78, 5) is 41.2. The van der Waals surface area contributed by atoms with Gasteiger partial charge in [0.1, 0.15) is 5.54 Å². The van der Waals surface area contributed by atoms with Crippen molar-refractivity contribution in [3.63, 3.8) is 0 Å². The number of hydrogen-bond acceptors (Lipinski definition) is 5. The first-order chi connectivity index (χ1) is 18.5. The van der Waals surface area contributed by atoms with Gasteiger partial charge >= 0.3 is 5.97 Å². The standard InChI is InChI=1S/C32H41N3O4/c1-7-23-20-26-21-25(29(37)35-18-9-16-32(35,5)30(38)39-6)15-19-34(26)27(23)28(36)24-13-11-22(12-14-24)10-8-17-33-31(2,3)4/h11-15,19-21,33H,7-10,16-18H2,1-6H3/t32-/m0/s1. The molecule has 1 N–H and O–H groups in total. The van der Waals surface area contributed by atoms with Crippen LogP contribution in [0.25, 0.3) is 5.52 Å². The molecule has 1 aromatic carbocycles. The lowest BCUT2D eigenvalue weighted by atomic mass is 9.98. The summed E-state index contributed by atoms with van der Waals surface area (Å²) in [7, 11) is 1.35. The predicted octanol–water partition coefficient (Wildman–Crippen LogP) is 5.22. The SMILES string of the molecule is CCc1cc2cc(C(=O)N3CCC[C@@]3(C)C(=O)OC)ccn2c1C(=O)c1ccc(CCCNC(C)(C)C)cc1. The molecule has 0 bridgehead atoms. The fourth-order valence-corrected chi connectivity index (χ4v) is 5.48. The van der Waals surface area contributed by atoms with Crippen molar-refractivity contribution in [3.05, 3.63) is 76.6 Å². The summed E-state index contributed by atoms with van der Waals surface area (Å²) in [5.74, 6) is -0.640. The van der Waals surface area contributed by atoms with Gasteiger partial charge in [0.2, 0.25) is 5.78 Å².